The van der Waals surface area contributed by atoms with Crippen LogP contribution in [0.15, 0.2) is 24.5 Å². The molecule has 1 heterocycles. The minimum Gasteiger partial charge on any atom is -0.481 e. The molecule has 1 aromatic carbocycles. The van der Waals surface area contributed by atoms with Gasteiger partial charge in [-0.1, -0.05) is 11.6 Å². The number of nitrogens with one attached hydrogen (secondary N) is 1. The van der Waals surface area contributed by atoms with Crippen LogP contribution < -0.4 is 14.8 Å². The van der Waals surface area contributed by atoms with E-state index in [0.717, 1.165) is 5.69 Å². The summed E-state index contributed by atoms with van der Waals surface area (Å²) in [4.78, 5) is 8.08. The number of hydrogen-bond donors (Lipinski definition) is 1. The van der Waals surface area contributed by atoms with Gasteiger partial charge in [-0.3, -0.25) is 0 Å². The number of benzene rings is 1. The minimum absolute atomic E-state index is 0.394. The summed E-state index contributed by atoms with van der Waals surface area (Å²) >= 11 is 5.99. The van der Waals surface area contributed by atoms with Crippen molar-refractivity contribution >= 4 is 17.3 Å². The number of anilines is 1. The molecule has 0 unspecified atom stereocenters. The van der Waals surface area contributed by atoms with Crippen molar-refractivity contribution in [1.29, 1.82) is 5.26 Å². The van der Waals surface area contributed by atoms with E-state index < -0.39 is 0 Å². The van der Waals surface area contributed by atoms with Crippen molar-refractivity contribution in [1.82, 2.24) is 9.97 Å². The van der Waals surface area contributed by atoms with Crippen molar-refractivity contribution in [3.63, 3.8) is 0 Å². The van der Waals surface area contributed by atoms with Gasteiger partial charge in [-0.15, -0.1) is 0 Å². The highest BCUT2D eigenvalue weighted by molar-refractivity contribution is 6.32. The smallest absolute Gasteiger partial charge is 0.225 e. The molecule has 1 aromatic heterocycles. The van der Waals surface area contributed by atoms with Gasteiger partial charge in [-0.05, 0) is 18.2 Å². The van der Waals surface area contributed by atoms with Crippen molar-refractivity contribution < 1.29 is 9.47 Å². The maximum absolute atomic E-state index is 8.85. The van der Waals surface area contributed by atoms with Gasteiger partial charge >= 0.3 is 0 Å². The van der Waals surface area contributed by atoms with Gasteiger partial charge in [0.2, 0.25) is 11.8 Å². The average Bonchev–Trinajstić information content (AvgIpc) is 2.52. The molecule has 1 N–H and O–H groups in total. The molecular weight excluding hydrogens is 292 g/mol. The quantitative estimate of drug-likeness (QED) is 0.914. The highest BCUT2D eigenvalue weighted by Gasteiger charge is 2.12. The molecule has 0 atom stereocenters. The van der Waals surface area contributed by atoms with E-state index in [4.69, 9.17) is 26.3 Å². The van der Waals surface area contributed by atoms with E-state index in [-0.39, 0.29) is 0 Å². The van der Waals surface area contributed by atoms with E-state index in [1.165, 1.54) is 20.5 Å². The number of nitriles is 1. The summed E-state index contributed by atoms with van der Waals surface area (Å²) < 4.78 is 10.4. The number of nitrogens with zero attached hydrogens (tertiary/aromatic N) is 3. The maximum Gasteiger partial charge on any atom is 0.225 e. The van der Waals surface area contributed by atoms with Crippen LogP contribution in [0.5, 0.6) is 11.8 Å². The molecule has 2 aromatic rings. The molecule has 0 saturated heterocycles. The van der Waals surface area contributed by atoms with Crippen LogP contribution in [0.1, 0.15) is 11.1 Å². The van der Waals surface area contributed by atoms with Crippen LogP contribution in [0.25, 0.3) is 0 Å². The maximum atomic E-state index is 8.85. The van der Waals surface area contributed by atoms with Gasteiger partial charge in [-0.2, -0.15) is 5.26 Å². The molecule has 0 aliphatic rings. The fraction of sp³-hybridized carbons (Fsp3) is 0.214. The summed E-state index contributed by atoms with van der Waals surface area (Å²) in [5.41, 5.74) is 1.90. The number of aromatic nitrogens is 2. The fourth-order valence-electron chi connectivity index (χ4n) is 1.79. The Balaban J connectivity index is 2.20. The van der Waals surface area contributed by atoms with Gasteiger partial charge in [0.25, 0.3) is 0 Å². The van der Waals surface area contributed by atoms with Crippen LogP contribution in [0.2, 0.25) is 5.02 Å². The van der Waals surface area contributed by atoms with Gasteiger partial charge < -0.3 is 14.8 Å². The van der Waals surface area contributed by atoms with E-state index in [2.05, 4.69) is 15.3 Å². The predicted octanol–water partition coefficient (Wildman–Crippen LogP) is 2.63. The summed E-state index contributed by atoms with van der Waals surface area (Å²) in [6, 6.07) is 7.12. The first-order chi connectivity index (χ1) is 10.2. The first-order valence-corrected chi connectivity index (χ1v) is 6.42. The molecule has 108 valence electrons. The third-order valence-electron chi connectivity index (χ3n) is 2.81. The number of methoxy groups -OCH3 is 2. The Labute approximate surface area is 127 Å². The Bertz CT molecular complexity index is 663. The molecule has 0 radical (unpaired) electrons. The van der Waals surface area contributed by atoms with E-state index >= 15 is 0 Å². The molecule has 0 amide bonds. The zero-order valence-electron chi connectivity index (χ0n) is 11.6. The lowest BCUT2D eigenvalue weighted by atomic mass is 10.2. The lowest BCUT2D eigenvalue weighted by Gasteiger charge is -2.12. The van der Waals surface area contributed by atoms with E-state index in [9.17, 15) is 0 Å². The molecule has 7 heteroatoms. The number of halogens is 1. The van der Waals surface area contributed by atoms with Crippen LogP contribution in [0, 0.1) is 11.3 Å². The van der Waals surface area contributed by atoms with Crippen molar-refractivity contribution in [3.05, 3.63) is 40.7 Å². The fourth-order valence-corrected chi connectivity index (χ4v) is 2.01. The lowest BCUT2D eigenvalue weighted by molar-refractivity contribution is 0.363. The second-order valence-corrected chi connectivity index (χ2v) is 4.44. The summed E-state index contributed by atoms with van der Waals surface area (Å²) in [7, 11) is 3.06. The third kappa shape index (κ3) is 3.33. The Morgan fingerprint density at radius 1 is 1.24 bits per heavy atom. The van der Waals surface area contributed by atoms with E-state index in [0.29, 0.717) is 34.5 Å². The summed E-state index contributed by atoms with van der Waals surface area (Å²) in [5.74, 6) is 0.878. The summed E-state index contributed by atoms with van der Waals surface area (Å²) in [6.07, 6.45) is 1.37. The second-order valence-electron chi connectivity index (χ2n) is 4.03. The monoisotopic (exact) mass is 304 g/mol. The Kier molecular flexibility index (Phi) is 4.80. The average molecular weight is 305 g/mol. The molecule has 0 spiro atoms. The predicted molar refractivity (Wildman–Crippen MR) is 78.6 cm³/mol. The zero-order valence-corrected chi connectivity index (χ0v) is 12.3. The normalized spacial score (nSPS) is 9.81. The van der Waals surface area contributed by atoms with Gasteiger partial charge in [0, 0.05) is 5.69 Å². The van der Waals surface area contributed by atoms with Gasteiger partial charge in [0.05, 0.1) is 36.9 Å². The Morgan fingerprint density at radius 2 is 1.90 bits per heavy atom. The largest absolute Gasteiger partial charge is 0.481 e. The van der Waals surface area contributed by atoms with Crippen LogP contribution in [-0.4, -0.2) is 24.2 Å². The van der Waals surface area contributed by atoms with E-state index in [1.807, 2.05) is 6.07 Å². The molecule has 21 heavy (non-hydrogen) atoms. The van der Waals surface area contributed by atoms with Crippen LogP contribution in [0.3, 0.4) is 0 Å². The SMILES string of the molecule is COc1ncnc(OC)c1CNc1ccc(C#N)c(Cl)c1. The van der Waals surface area contributed by atoms with Crippen LogP contribution >= 0.6 is 11.6 Å². The van der Waals surface area contributed by atoms with Gasteiger partial charge in [-0.25, -0.2) is 9.97 Å². The molecule has 2 rings (SSSR count). The molecule has 0 aliphatic carbocycles. The second kappa shape index (κ2) is 6.77. The molecule has 0 fully saturated rings. The first kappa shape index (κ1) is 14.9. The molecular formula is C14H13ClN4O2. The topological polar surface area (TPSA) is 80.1 Å². The highest BCUT2D eigenvalue weighted by atomic mass is 35.5. The van der Waals surface area contributed by atoms with Crippen LogP contribution in [0.4, 0.5) is 5.69 Å². The van der Waals surface area contributed by atoms with Gasteiger partial charge in [0.15, 0.2) is 0 Å². The number of rotatable bonds is 5. The highest BCUT2D eigenvalue weighted by Crippen LogP contribution is 2.26. The standard InChI is InChI=1S/C14H13ClN4O2/c1-20-13-11(14(21-2)19-8-18-13)7-17-10-4-3-9(6-16)12(15)5-10/h3-5,8,17H,7H2,1-2H3. The molecule has 6 nitrogen and oxygen atoms in total. The minimum atomic E-state index is 0.394. The van der Waals surface area contributed by atoms with Crippen LogP contribution in [-0.2, 0) is 6.54 Å². The first-order valence-electron chi connectivity index (χ1n) is 6.05. The Hall–Kier alpha value is -2.52. The van der Waals surface area contributed by atoms with Gasteiger partial charge in [0.1, 0.15) is 12.4 Å². The molecule has 0 bridgehead atoms. The van der Waals surface area contributed by atoms with Crippen molar-refractivity contribution in [2.24, 2.45) is 0 Å². The van der Waals surface area contributed by atoms with Crippen molar-refractivity contribution in [3.8, 4) is 17.8 Å². The zero-order chi connectivity index (χ0) is 15.2. The molecule has 0 saturated carbocycles. The Morgan fingerprint density at radius 3 is 2.43 bits per heavy atom. The third-order valence-corrected chi connectivity index (χ3v) is 3.12. The summed E-state index contributed by atoms with van der Waals surface area (Å²) in [5, 5.41) is 12.4. The molecule has 0 aliphatic heterocycles. The summed E-state index contributed by atoms with van der Waals surface area (Å²) in [6.45, 7) is 0.398. The number of hydrogen-bond acceptors (Lipinski definition) is 6. The number of ether oxygens (including phenoxy) is 2. The van der Waals surface area contributed by atoms with Crippen molar-refractivity contribution in [2.75, 3.05) is 19.5 Å². The van der Waals surface area contributed by atoms with Crippen molar-refractivity contribution in [2.45, 2.75) is 6.54 Å². The lowest BCUT2D eigenvalue weighted by Crippen LogP contribution is -2.06. The van der Waals surface area contributed by atoms with E-state index in [1.54, 1.807) is 18.2 Å².